The Morgan fingerprint density at radius 2 is 2.00 bits per heavy atom. The average molecular weight is 270 g/mol. The molecule has 0 bridgehead atoms. The van der Waals surface area contributed by atoms with E-state index in [2.05, 4.69) is 5.32 Å². The molecule has 0 radical (unpaired) electrons. The summed E-state index contributed by atoms with van der Waals surface area (Å²) in [5.41, 5.74) is -4.22. The Morgan fingerprint density at radius 3 is 2.47 bits per heavy atom. The fourth-order valence-corrected chi connectivity index (χ4v) is 2.42. The van der Waals surface area contributed by atoms with Crippen molar-refractivity contribution in [3.8, 4) is 0 Å². The van der Waals surface area contributed by atoms with Crippen LogP contribution in [0.3, 0.4) is 0 Å². The van der Waals surface area contributed by atoms with Gasteiger partial charge in [0.15, 0.2) is 0 Å². The van der Waals surface area contributed by atoms with Crippen molar-refractivity contribution in [2.24, 2.45) is 0 Å². The molecule has 1 aliphatic heterocycles. The summed E-state index contributed by atoms with van der Waals surface area (Å²) >= 11 is -0.0779. The second-order valence-corrected chi connectivity index (χ2v) is 5.04. The zero-order valence-corrected chi connectivity index (χ0v) is 10.7. The number of hydrogen-bond acceptors (Lipinski definition) is 3. The molecule has 1 fully saturated rings. The average Bonchev–Trinajstić information content (AvgIpc) is 2.54. The predicted octanol–water partition coefficient (Wildman–Crippen LogP) is 2.19. The molecule has 0 aromatic carbocycles. The molecule has 1 rings (SSSR count). The van der Waals surface area contributed by atoms with Crippen molar-refractivity contribution < 1.29 is 18.0 Å². The maximum Gasteiger partial charge on any atom is 0.441 e. The van der Waals surface area contributed by atoms with Crippen LogP contribution in [0.2, 0.25) is 0 Å². The minimum Gasteiger partial charge on any atom is -0.325 e. The molecule has 0 saturated carbocycles. The van der Waals surface area contributed by atoms with Gasteiger partial charge >= 0.3 is 5.51 Å². The van der Waals surface area contributed by atoms with Crippen molar-refractivity contribution in [2.75, 3.05) is 12.3 Å². The first-order valence-corrected chi connectivity index (χ1v) is 6.64. The first kappa shape index (κ1) is 14.6. The van der Waals surface area contributed by atoms with Crippen LogP contribution in [-0.4, -0.2) is 40.8 Å². The Labute approximate surface area is 103 Å². The first-order valence-electron chi connectivity index (χ1n) is 5.66. The van der Waals surface area contributed by atoms with Crippen LogP contribution in [-0.2, 0) is 4.79 Å². The first-order chi connectivity index (χ1) is 7.89. The molecule has 0 aromatic rings. The molecule has 0 spiro atoms. The van der Waals surface area contributed by atoms with Crippen LogP contribution in [0.5, 0.6) is 0 Å². The molecular weight excluding hydrogens is 253 g/mol. The Bertz CT molecular complexity index is 273. The minimum atomic E-state index is -4.22. The summed E-state index contributed by atoms with van der Waals surface area (Å²) in [6, 6.07) is -0.240. The van der Waals surface area contributed by atoms with E-state index in [0.29, 0.717) is 12.8 Å². The molecule has 2 unspecified atom stereocenters. The van der Waals surface area contributed by atoms with Gasteiger partial charge in [-0.2, -0.15) is 13.2 Å². The number of amides is 1. The van der Waals surface area contributed by atoms with E-state index in [0.717, 1.165) is 0 Å². The number of thioether (sulfide) groups is 1. The zero-order chi connectivity index (χ0) is 13.1. The summed E-state index contributed by atoms with van der Waals surface area (Å²) in [5, 5.41) is 3.12. The van der Waals surface area contributed by atoms with E-state index in [-0.39, 0.29) is 42.2 Å². The number of halogens is 3. The van der Waals surface area contributed by atoms with E-state index in [1.807, 2.05) is 13.8 Å². The normalized spacial score (nSPS) is 25.7. The van der Waals surface area contributed by atoms with Crippen molar-refractivity contribution in [1.82, 2.24) is 10.2 Å². The maximum absolute atomic E-state index is 12.0. The zero-order valence-electron chi connectivity index (χ0n) is 9.88. The van der Waals surface area contributed by atoms with Crippen LogP contribution >= 0.6 is 11.8 Å². The molecule has 7 heteroatoms. The maximum atomic E-state index is 12.0. The van der Waals surface area contributed by atoms with E-state index in [1.54, 1.807) is 0 Å². The van der Waals surface area contributed by atoms with Crippen molar-refractivity contribution in [2.45, 2.75) is 44.4 Å². The highest BCUT2D eigenvalue weighted by Gasteiger charge is 2.37. The molecule has 17 heavy (non-hydrogen) atoms. The Kier molecular flexibility index (Phi) is 5.12. The quantitative estimate of drug-likeness (QED) is 0.831. The van der Waals surface area contributed by atoms with Gasteiger partial charge < -0.3 is 4.90 Å². The highest BCUT2D eigenvalue weighted by atomic mass is 32.2. The fraction of sp³-hybridized carbons (Fsp3) is 0.900. The Balaban J connectivity index is 2.48. The van der Waals surface area contributed by atoms with Gasteiger partial charge in [-0.1, -0.05) is 13.8 Å². The number of rotatable bonds is 5. The molecule has 1 heterocycles. The lowest BCUT2D eigenvalue weighted by Gasteiger charge is -2.23. The predicted molar refractivity (Wildman–Crippen MR) is 61.5 cm³/mol. The van der Waals surface area contributed by atoms with E-state index in [9.17, 15) is 18.0 Å². The molecule has 1 aliphatic rings. The molecule has 0 aromatic heterocycles. The molecule has 1 saturated heterocycles. The van der Waals surface area contributed by atoms with Crippen LogP contribution in [0, 0.1) is 0 Å². The molecule has 0 aliphatic carbocycles. The molecule has 100 valence electrons. The minimum absolute atomic E-state index is 0.0779. The highest BCUT2D eigenvalue weighted by Crippen LogP contribution is 2.30. The second-order valence-electron chi connectivity index (χ2n) is 3.88. The lowest BCUT2D eigenvalue weighted by molar-refractivity contribution is -0.129. The summed E-state index contributed by atoms with van der Waals surface area (Å²) in [4.78, 5) is 13.4. The lowest BCUT2D eigenvalue weighted by Crippen LogP contribution is -2.38. The standard InChI is InChI=1S/C10H17F3N2OS/c1-3-7-9(16)15(8(4-2)14-7)5-6-17-10(11,12)13/h7-8,14H,3-6H2,1-2H3. The number of hydrogen-bond donors (Lipinski definition) is 1. The molecule has 3 nitrogen and oxygen atoms in total. The Hall–Kier alpha value is -0.430. The van der Waals surface area contributed by atoms with Gasteiger partial charge in [0, 0.05) is 12.3 Å². The third-order valence-corrected chi connectivity index (χ3v) is 3.46. The fourth-order valence-electron chi connectivity index (χ4n) is 1.90. The SMILES string of the molecule is CCC1NC(CC)N(CCSC(F)(F)F)C1=O. The van der Waals surface area contributed by atoms with Gasteiger partial charge in [-0.25, -0.2) is 0 Å². The topological polar surface area (TPSA) is 32.3 Å². The summed E-state index contributed by atoms with van der Waals surface area (Å²) < 4.78 is 36.0. The van der Waals surface area contributed by atoms with Gasteiger partial charge in [-0.05, 0) is 24.6 Å². The molecule has 1 N–H and O–H groups in total. The second kappa shape index (κ2) is 5.95. The van der Waals surface area contributed by atoms with Gasteiger partial charge in [0.25, 0.3) is 0 Å². The van der Waals surface area contributed by atoms with Crippen molar-refractivity contribution >= 4 is 17.7 Å². The van der Waals surface area contributed by atoms with Crippen molar-refractivity contribution in [3.63, 3.8) is 0 Å². The largest absolute Gasteiger partial charge is 0.441 e. The Morgan fingerprint density at radius 1 is 1.35 bits per heavy atom. The third kappa shape index (κ3) is 4.06. The highest BCUT2D eigenvalue weighted by molar-refractivity contribution is 8.00. The van der Waals surface area contributed by atoms with Gasteiger partial charge in [-0.3, -0.25) is 10.1 Å². The van der Waals surface area contributed by atoms with E-state index < -0.39 is 5.51 Å². The summed E-state index contributed by atoms with van der Waals surface area (Å²) in [6.45, 7) is 3.94. The number of alkyl halides is 3. The third-order valence-electron chi connectivity index (χ3n) is 2.74. The summed E-state index contributed by atoms with van der Waals surface area (Å²) in [6.07, 6.45) is 1.25. The molecule has 1 amide bonds. The van der Waals surface area contributed by atoms with Crippen LogP contribution in [0.15, 0.2) is 0 Å². The van der Waals surface area contributed by atoms with E-state index >= 15 is 0 Å². The van der Waals surface area contributed by atoms with E-state index in [1.165, 1.54) is 4.90 Å². The van der Waals surface area contributed by atoms with Gasteiger partial charge in [-0.15, -0.1) is 0 Å². The number of carbonyl (C=O) groups excluding carboxylic acids is 1. The lowest BCUT2D eigenvalue weighted by atomic mass is 10.2. The van der Waals surface area contributed by atoms with Gasteiger partial charge in [0.1, 0.15) is 0 Å². The monoisotopic (exact) mass is 270 g/mol. The van der Waals surface area contributed by atoms with Crippen molar-refractivity contribution in [1.29, 1.82) is 0 Å². The van der Waals surface area contributed by atoms with E-state index in [4.69, 9.17) is 0 Å². The summed E-state index contributed by atoms with van der Waals surface area (Å²) in [5.74, 6) is -0.189. The van der Waals surface area contributed by atoms with Gasteiger partial charge in [0.2, 0.25) is 5.91 Å². The van der Waals surface area contributed by atoms with Crippen LogP contribution < -0.4 is 5.32 Å². The summed E-state index contributed by atoms with van der Waals surface area (Å²) in [7, 11) is 0. The smallest absolute Gasteiger partial charge is 0.325 e. The molecule has 2 atom stereocenters. The number of nitrogens with one attached hydrogen (secondary N) is 1. The van der Waals surface area contributed by atoms with Crippen LogP contribution in [0.25, 0.3) is 0 Å². The number of nitrogens with zero attached hydrogens (tertiary/aromatic N) is 1. The van der Waals surface area contributed by atoms with Crippen LogP contribution in [0.4, 0.5) is 13.2 Å². The molecular formula is C10H17F3N2OS. The van der Waals surface area contributed by atoms with Crippen LogP contribution in [0.1, 0.15) is 26.7 Å². The van der Waals surface area contributed by atoms with Gasteiger partial charge in [0.05, 0.1) is 12.2 Å². The number of carbonyl (C=O) groups is 1. The van der Waals surface area contributed by atoms with Crippen molar-refractivity contribution in [3.05, 3.63) is 0 Å².